The van der Waals surface area contributed by atoms with E-state index in [1.54, 1.807) is 0 Å². The molecule has 1 aromatic heterocycles. The quantitative estimate of drug-likeness (QED) is 0.819. The molecule has 2 rings (SSSR count). The molecular weight excluding hydrogens is 206 g/mol. The van der Waals surface area contributed by atoms with Crippen LogP contribution >= 0.6 is 0 Å². The Morgan fingerprint density at radius 3 is 2.81 bits per heavy atom. The highest BCUT2D eigenvalue weighted by molar-refractivity contribution is 5.88. The summed E-state index contributed by atoms with van der Waals surface area (Å²) in [7, 11) is 0. The molecule has 1 aromatic rings. The molecule has 5 nitrogen and oxygen atoms in total. The van der Waals surface area contributed by atoms with Gasteiger partial charge in [0.25, 0.3) is 0 Å². The van der Waals surface area contributed by atoms with Crippen molar-refractivity contribution in [1.82, 2.24) is 14.9 Å². The lowest BCUT2D eigenvalue weighted by Crippen LogP contribution is -2.37. The van der Waals surface area contributed by atoms with E-state index >= 15 is 0 Å². The van der Waals surface area contributed by atoms with E-state index in [2.05, 4.69) is 14.9 Å². The van der Waals surface area contributed by atoms with Crippen LogP contribution in [-0.2, 0) is 13.0 Å². The van der Waals surface area contributed by atoms with Crippen LogP contribution in [0.2, 0.25) is 0 Å². The summed E-state index contributed by atoms with van der Waals surface area (Å²) >= 11 is 0. The van der Waals surface area contributed by atoms with Crippen LogP contribution in [0.4, 0.5) is 0 Å². The van der Waals surface area contributed by atoms with Crippen molar-refractivity contribution in [1.29, 1.82) is 0 Å². The molecule has 0 atom stereocenters. The van der Waals surface area contributed by atoms with Crippen molar-refractivity contribution in [3.8, 4) is 0 Å². The maximum absolute atomic E-state index is 10.9. The molecule has 0 amide bonds. The van der Waals surface area contributed by atoms with Gasteiger partial charge in [0.2, 0.25) is 0 Å². The van der Waals surface area contributed by atoms with Crippen LogP contribution in [0.3, 0.4) is 0 Å². The van der Waals surface area contributed by atoms with Crippen LogP contribution < -0.4 is 0 Å². The molecule has 5 heteroatoms. The lowest BCUT2D eigenvalue weighted by atomic mass is 10.2. The second kappa shape index (κ2) is 4.57. The van der Waals surface area contributed by atoms with E-state index in [9.17, 15) is 4.79 Å². The summed E-state index contributed by atoms with van der Waals surface area (Å²) in [5.41, 5.74) is 0.841. The third-order valence-corrected chi connectivity index (χ3v) is 2.80. The molecule has 0 bridgehead atoms. The number of carboxylic acid groups (broad SMARTS) is 1. The highest BCUT2D eigenvalue weighted by Gasteiger charge is 2.17. The Kier molecular flexibility index (Phi) is 3.14. The third kappa shape index (κ3) is 2.19. The molecule has 0 aliphatic carbocycles. The van der Waals surface area contributed by atoms with Gasteiger partial charge in [-0.1, -0.05) is 6.92 Å². The highest BCUT2D eigenvalue weighted by atomic mass is 16.4. The van der Waals surface area contributed by atoms with Gasteiger partial charge in [0.15, 0.2) is 0 Å². The monoisotopic (exact) mass is 221 g/mol. The highest BCUT2D eigenvalue weighted by Crippen LogP contribution is 2.11. The first-order valence-electron chi connectivity index (χ1n) is 5.51. The molecule has 1 aliphatic rings. The number of carbonyl (C=O) groups is 1. The van der Waals surface area contributed by atoms with E-state index in [0.717, 1.165) is 25.5 Å². The summed E-state index contributed by atoms with van der Waals surface area (Å²) in [5, 5.41) is 8.94. The van der Waals surface area contributed by atoms with E-state index < -0.39 is 5.97 Å². The van der Waals surface area contributed by atoms with Crippen LogP contribution in [0, 0.1) is 0 Å². The number of nitrogens with zero attached hydrogens (tertiary/aromatic N) is 3. The smallest absolute Gasteiger partial charge is 0.339 e. The molecule has 16 heavy (non-hydrogen) atoms. The second-order valence-corrected chi connectivity index (χ2v) is 3.94. The predicted octanol–water partition coefficient (Wildman–Crippen LogP) is 0.943. The van der Waals surface area contributed by atoms with Crippen LogP contribution in [0.5, 0.6) is 0 Å². The van der Waals surface area contributed by atoms with Crippen molar-refractivity contribution in [2.45, 2.75) is 26.3 Å². The lowest BCUT2D eigenvalue weighted by molar-refractivity contribution is 0.0694. The van der Waals surface area contributed by atoms with Crippen LogP contribution in [0.15, 0.2) is 6.20 Å². The second-order valence-electron chi connectivity index (χ2n) is 3.94. The van der Waals surface area contributed by atoms with E-state index in [1.807, 2.05) is 6.92 Å². The minimum atomic E-state index is -0.952. The van der Waals surface area contributed by atoms with E-state index in [0.29, 0.717) is 12.1 Å². The van der Waals surface area contributed by atoms with Gasteiger partial charge in [-0.2, -0.15) is 0 Å². The van der Waals surface area contributed by atoms with Crippen LogP contribution in [-0.4, -0.2) is 39.0 Å². The summed E-state index contributed by atoms with van der Waals surface area (Å²) in [4.78, 5) is 21.5. The topological polar surface area (TPSA) is 66.3 Å². The molecule has 0 unspecified atom stereocenters. The number of likely N-dealkylation sites (tertiary alicyclic amines) is 1. The minimum Gasteiger partial charge on any atom is -0.478 e. The Bertz CT molecular complexity index is 402. The van der Waals surface area contributed by atoms with Crippen molar-refractivity contribution in [3.05, 3.63) is 23.3 Å². The third-order valence-electron chi connectivity index (χ3n) is 2.80. The van der Waals surface area contributed by atoms with Gasteiger partial charge >= 0.3 is 5.97 Å². The predicted molar refractivity (Wildman–Crippen MR) is 58.3 cm³/mol. The van der Waals surface area contributed by atoms with Gasteiger partial charge in [-0.25, -0.2) is 14.8 Å². The lowest BCUT2D eigenvalue weighted by Gasteiger charge is -2.29. The molecule has 86 valence electrons. The first-order valence-corrected chi connectivity index (χ1v) is 5.51. The molecule has 0 spiro atoms. The van der Waals surface area contributed by atoms with E-state index in [-0.39, 0.29) is 5.56 Å². The van der Waals surface area contributed by atoms with E-state index in [4.69, 9.17) is 5.11 Å². The SMILES string of the molecule is CCc1nc(CN2CCC2)ncc1C(=O)O. The van der Waals surface area contributed by atoms with Gasteiger partial charge in [0.1, 0.15) is 5.82 Å². The normalized spacial score (nSPS) is 15.8. The summed E-state index contributed by atoms with van der Waals surface area (Å²) in [6.45, 7) is 4.81. The molecule has 0 aromatic carbocycles. The van der Waals surface area contributed by atoms with Gasteiger partial charge < -0.3 is 5.11 Å². The van der Waals surface area contributed by atoms with Crippen LogP contribution in [0.1, 0.15) is 35.2 Å². The number of rotatable bonds is 4. The molecular formula is C11H15N3O2. The first kappa shape index (κ1) is 11.0. The summed E-state index contributed by atoms with van der Waals surface area (Å²) in [5.74, 6) is -0.228. The van der Waals surface area contributed by atoms with Crippen molar-refractivity contribution in [3.63, 3.8) is 0 Å². The largest absolute Gasteiger partial charge is 0.478 e. The summed E-state index contributed by atoms with van der Waals surface area (Å²) in [6, 6.07) is 0. The Morgan fingerprint density at radius 1 is 1.56 bits per heavy atom. The number of aromatic carboxylic acids is 1. The molecule has 1 saturated heterocycles. The summed E-state index contributed by atoms with van der Waals surface area (Å²) < 4.78 is 0. The van der Waals surface area contributed by atoms with Gasteiger partial charge in [-0.3, -0.25) is 4.90 Å². The minimum absolute atomic E-state index is 0.217. The molecule has 0 saturated carbocycles. The first-order chi connectivity index (χ1) is 7.70. The van der Waals surface area contributed by atoms with Crippen molar-refractivity contribution in [2.24, 2.45) is 0 Å². The number of aromatic nitrogens is 2. The van der Waals surface area contributed by atoms with Crippen molar-refractivity contribution < 1.29 is 9.90 Å². The maximum Gasteiger partial charge on any atom is 0.339 e. The molecule has 1 N–H and O–H groups in total. The number of hydrogen-bond donors (Lipinski definition) is 1. The fourth-order valence-electron chi connectivity index (χ4n) is 1.72. The average Bonchev–Trinajstić information content (AvgIpc) is 2.23. The Balaban J connectivity index is 2.18. The van der Waals surface area contributed by atoms with Crippen molar-refractivity contribution >= 4 is 5.97 Å². The molecule has 0 radical (unpaired) electrons. The average molecular weight is 221 g/mol. The fraction of sp³-hybridized carbons (Fsp3) is 0.545. The fourth-order valence-corrected chi connectivity index (χ4v) is 1.72. The van der Waals surface area contributed by atoms with Gasteiger partial charge in [-0.05, 0) is 25.9 Å². The van der Waals surface area contributed by atoms with Gasteiger partial charge in [0.05, 0.1) is 17.8 Å². The Labute approximate surface area is 94.1 Å². The van der Waals surface area contributed by atoms with Crippen LogP contribution in [0.25, 0.3) is 0 Å². The maximum atomic E-state index is 10.9. The molecule has 1 aliphatic heterocycles. The Morgan fingerprint density at radius 2 is 2.31 bits per heavy atom. The zero-order valence-electron chi connectivity index (χ0n) is 9.31. The number of hydrogen-bond acceptors (Lipinski definition) is 4. The van der Waals surface area contributed by atoms with Gasteiger partial charge in [-0.15, -0.1) is 0 Å². The summed E-state index contributed by atoms with van der Waals surface area (Å²) in [6.07, 6.45) is 3.27. The Hall–Kier alpha value is -1.49. The molecule has 2 heterocycles. The number of carboxylic acids is 1. The molecule has 1 fully saturated rings. The number of aryl methyl sites for hydroxylation is 1. The zero-order chi connectivity index (χ0) is 11.5. The standard InChI is InChI=1S/C11H15N3O2/c1-2-9-8(11(15)16)6-12-10(13-9)7-14-4-3-5-14/h6H,2-5,7H2,1H3,(H,15,16). The van der Waals surface area contributed by atoms with E-state index in [1.165, 1.54) is 12.6 Å². The van der Waals surface area contributed by atoms with Crippen molar-refractivity contribution in [2.75, 3.05) is 13.1 Å². The zero-order valence-corrected chi connectivity index (χ0v) is 9.31. The van der Waals surface area contributed by atoms with Gasteiger partial charge in [0, 0.05) is 6.20 Å².